The summed E-state index contributed by atoms with van der Waals surface area (Å²) in [6.07, 6.45) is 3.94. The molecule has 1 amide bonds. The van der Waals surface area contributed by atoms with Crippen molar-refractivity contribution in [3.05, 3.63) is 75.5 Å². The van der Waals surface area contributed by atoms with E-state index in [1.807, 2.05) is 0 Å². The summed E-state index contributed by atoms with van der Waals surface area (Å²) >= 11 is 14.1. The van der Waals surface area contributed by atoms with Crippen LogP contribution in [0.4, 0.5) is 14.5 Å². The highest BCUT2D eigenvalue weighted by atomic mass is 35.5. The molecule has 1 aliphatic carbocycles. The monoisotopic (exact) mass is 728 g/mol. The SMILES string of the molecule is CN1C(=O)Cc2cc(S(=O)(=O)N3CSC[C@H]3C(=O)O[C@@H](Cc3c(Cl)c[nH+]cc3Cl)c3ccc(OC(F)F)c(OCC4CC4)c3)ccc21. The molecule has 250 valence electrons. The molecule has 2 atom stereocenters. The van der Waals surface area contributed by atoms with E-state index in [4.69, 9.17) is 32.7 Å². The Labute approximate surface area is 284 Å². The summed E-state index contributed by atoms with van der Waals surface area (Å²) in [6, 6.07) is 7.53. The zero-order chi connectivity index (χ0) is 33.5. The molecule has 1 N–H and O–H groups in total. The normalized spacial score (nSPS) is 18.8. The Morgan fingerprint density at radius 3 is 2.55 bits per heavy atom. The number of sulfonamides is 1. The van der Waals surface area contributed by atoms with Gasteiger partial charge in [0.15, 0.2) is 23.9 Å². The summed E-state index contributed by atoms with van der Waals surface area (Å²) in [6.45, 7) is -2.78. The van der Waals surface area contributed by atoms with Crippen molar-refractivity contribution in [2.45, 2.75) is 49.3 Å². The highest BCUT2D eigenvalue weighted by molar-refractivity contribution is 8.00. The number of pyridine rings is 1. The van der Waals surface area contributed by atoms with Gasteiger partial charge in [-0.05, 0) is 60.2 Å². The van der Waals surface area contributed by atoms with Crippen LogP contribution in [0.2, 0.25) is 10.0 Å². The summed E-state index contributed by atoms with van der Waals surface area (Å²) < 4.78 is 71.7. The lowest BCUT2D eigenvalue weighted by Gasteiger charge is -2.26. The second kappa shape index (κ2) is 13.7. The number of anilines is 1. The minimum Gasteiger partial charge on any atom is -0.489 e. The molecule has 16 heteroatoms. The third kappa shape index (κ3) is 7.31. The lowest BCUT2D eigenvalue weighted by atomic mass is 10.0. The molecule has 0 bridgehead atoms. The van der Waals surface area contributed by atoms with Crippen LogP contribution in [0.1, 0.15) is 35.6 Å². The van der Waals surface area contributed by atoms with Crippen LogP contribution >= 0.6 is 35.0 Å². The number of thioether (sulfide) groups is 1. The molecule has 1 aromatic heterocycles. The number of halogens is 4. The van der Waals surface area contributed by atoms with Crippen molar-refractivity contribution in [2.24, 2.45) is 5.92 Å². The first-order valence-electron chi connectivity index (χ1n) is 14.7. The van der Waals surface area contributed by atoms with Crippen molar-refractivity contribution in [3.63, 3.8) is 0 Å². The lowest BCUT2D eigenvalue weighted by Crippen LogP contribution is -2.43. The molecule has 3 aliphatic rings. The zero-order valence-corrected chi connectivity index (χ0v) is 28.1. The van der Waals surface area contributed by atoms with Gasteiger partial charge in [0.05, 0.1) is 23.8 Å². The highest BCUT2D eigenvalue weighted by Crippen LogP contribution is 2.39. The van der Waals surface area contributed by atoms with Gasteiger partial charge in [0.1, 0.15) is 22.2 Å². The molecule has 1 saturated heterocycles. The number of H-pyrrole nitrogens is 1. The molecule has 1 saturated carbocycles. The Morgan fingerprint density at radius 2 is 1.85 bits per heavy atom. The maximum absolute atomic E-state index is 13.9. The summed E-state index contributed by atoms with van der Waals surface area (Å²) in [7, 11) is -2.55. The minimum absolute atomic E-state index is 0.00762. The van der Waals surface area contributed by atoms with E-state index in [2.05, 4.69) is 9.72 Å². The zero-order valence-electron chi connectivity index (χ0n) is 25.0. The van der Waals surface area contributed by atoms with Crippen LogP contribution in [0.5, 0.6) is 11.5 Å². The standard InChI is InChI=1S/C31H29Cl2F2N3O7S2/c1-37-24-6-5-20(8-19(24)10-29(37)39)47(41,42)38-16-46-15-25(38)30(40)44-27(11-21-22(32)12-36-13-23(21)33)18-4-7-26(45-31(34)35)28(9-18)43-14-17-2-3-17/h4-9,12-13,17,25,27,31H,2-3,10-11,14-16H2,1H3/p+1/t25-,27-/m0/s1. The van der Waals surface area contributed by atoms with Crippen LogP contribution in [0.15, 0.2) is 53.7 Å². The molecule has 3 aromatic rings. The van der Waals surface area contributed by atoms with Crippen molar-refractivity contribution in [1.82, 2.24) is 4.31 Å². The second-order valence-electron chi connectivity index (χ2n) is 11.4. The van der Waals surface area contributed by atoms with Crippen LogP contribution in [0.25, 0.3) is 0 Å². The number of fused-ring (bicyclic) bond motifs is 1. The number of nitrogens with zero attached hydrogens (tertiary/aromatic N) is 2. The summed E-state index contributed by atoms with van der Waals surface area (Å²) in [4.78, 5) is 30.3. The lowest BCUT2D eigenvalue weighted by molar-refractivity contribution is -0.377. The van der Waals surface area contributed by atoms with Crippen LogP contribution in [0, 0.1) is 5.92 Å². The molecular formula is C31H30Cl2F2N3O7S2+. The molecule has 10 nitrogen and oxygen atoms in total. The van der Waals surface area contributed by atoms with Crippen LogP contribution < -0.4 is 19.4 Å². The Bertz CT molecular complexity index is 1790. The molecule has 2 aromatic carbocycles. The fourth-order valence-corrected chi connectivity index (χ4v) is 9.13. The van der Waals surface area contributed by atoms with Crippen molar-refractivity contribution < 1.29 is 46.0 Å². The predicted molar refractivity (Wildman–Crippen MR) is 171 cm³/mol. The first kappa shape index (κ1) is 33.7. The fraction of sp³-hybridized carbons (Fsp3) is 0.387. The number of likely N-dealkylation sites (N-methyl/N-ethyl adjacent to an activating group) is 1. The van der Waals surface area contributed by atoms with Gasteiger partial charge in [0.25, 0.3) is 0 Å². The van der Waals surface area contributed by atoms with Gasteiger partial charge in [0, 0.05) is 30.5 Å². The number of amides is 1. The van der Waals surface area contributed by atoms with Gasteiger partial charge >= 0.3 is 12.6 Å². The molecule has 0 radical (unpaired) electrons. The number of hydrogen-bond acceptors (Lipinski definition) is 8. The summed E-state index contributed by atoms with van der Waals surface area (Å²) in [5.41, 5.74) is 2.03. The van der Waals surface area contributed by atoms with Crippen LogP contribution in [-0.4, -0.2) is 62.5 Å². The van der Waals surface area contributed by atoms with Crippen LogP contribution in [-0.2, 0) is 37.2 Å². The van der Waals surface area contributed by atoms with Crippen molar-refractivity contribution in [3.8, 4) is 11.5 Å². The van der Waals surface area contributed by atoms with Crippen LogP contribution in [0.3, 0.4) is 0 Å². The Balaban J connectivity index is 1.30. The average Bonchev–Trinajstić information content (AvgIpc) is 3.63. The average molecular weight is 730 g/mol. The topological polar surface area (TPSA) is 117 Å². The Kier molecular flexibility index (Phi) is 9.86. The van der Waals surface area contributed by atoms with E-state index < -0.39 is 34.7 Å². The van der Waals surface area contributed by atoms with E-state index in [0.717, 1.165) is 17.1 Å². The van der Waals surface area contributed by atoms with E-state index in [0.29, 0.717) is 34.9 Å². The van der Waals surface area contributed by atoms with Gasteiger partial charge in [-0.25, -0.2) is 13.4 Å². The molecule has 47 heavy (non-hydrogen) atoms. The summed E-state index contributed by atoms with van der Waals surface area (Å²) in [5, 5.41) is 0.533. The number of nitrogens with one attached hydrogen (secondary N) is 1. The van der Waals surface area contributed by atoms with E-state index in [1.54, 1.807) is 13.1 Å². The first-order chi connectivity index (χ1) is 22.4. The van der Waals surface area contributed by atoms with E-state index in [1.165, 1.54) is 59.4 Å². The first-order valence-corrected chi connectivity index (χ1v) is 18.0. The largest absolute Gasteiger partial charge is 0.489 e. The van der Waals surface area contributed by atoms with E-state index in [-0.39, 0.29) is 56.8 Å². The van der Waals surface area contributed by atoms with Gasteiger partial charge in [0.2, 0.25) is 15.9 Å². The maximum atomic E-state index is 13.9. The number of hydrogen-bond donors (Lipinski definition) is 0. The van der Waals surface area contributed by atoms with E-state index in [9.17, 15) is 26.8 Å². The number of benzene rings is 2. The van der Waals surface area contributed by atoms with Crippen molar-refractivity contribution >= 4 is 62.6 Å². The molecule has 2 aliphatic heterocycles. The fourth-order valence-electron chi connectivity index (χ4n) is 5.42. The number of aromatic nitrogens is 1. The molecule has 3 heterocycles. The Hall–Kier alpha value is -3.17. The maximum Gasteiger partial charge on any atom is 0.387 e. The molecule has 0 unspecified atom stereocenters. The molecular weight excluding hydrogens is 699 g/mol. The molecule has 6 rings (SSSR count). The Morgan fingerprint density at radius 1 is 1.11 bits per heavy atom. The number of carbonyl (C=O) groups is 2. The van der Waals surface area contributed by atoms with Gasteiger partial charge in [-0.2, -0.15) is 13.1 Å². The number of rotatable bonds is 12. The highest BCUT2D eigenvalue weighted by Gasteiger charge is 2.42. The number of aromatic amines is 1. The van der Waals surface area contributed by atoms with Gasteiger partial charge in [-0.3, -0.25) is 9.59 Å². The predicted octanol–water partition coefficient (Wildman–Crippen LogP) is 5.31. The number of carbonyl (C=O) groups excluding carboxylic acids is 2. The van der Waals surface area contributed by atoms with Gasteiger partial charge < -0.3 is 19.1 Å². The number of alkyl halides is 2. The third-order valence-corrected chi connectivity index (χ3v) is 11.9. The second-order valence-corrected chi connectivity index (χ2v) is 15.1. The quantitative estimate of drug-likeness (QED) is 0.231. The van der Waals surface area contributed by atoms with Gasteiger partial charge in [-0.15, -0.1) is 11.8 Å². The minimum atomic E-state index is -4.17. The third-order valence-electron chi connectivity index (χ3n) is 8.22. The smallest absolute Gasteiger partial charge is 0.387 e. The van der Waals surface area contributed by atoms with E-state index >= 15 is 0 Å². The number of ether oxygens (including phenoxy) is 3. The van der Waals surface area contributed by atoms with Gasteiger partial charge in [-0.1, -0.05) is 29.3 Å². The molecule has 0 spiro atoms. The number of esters is 1. The van der Waals surface area contributed by atoms with Crippen molar-refractivity contribution in [1.29, 1.82) is 0 Å². The van der Waals surface area contributed by atoms with Crippen molar-refractivity contribution in [2.75, 3.05) is 30.2 Å². The summed E-state index contributed by atoms with van der Waals surface area (Å²) in [5.74, 6) is -0.636. The molecule has 2 fully saturated rings.